The quantitative estimate of drug-likeness (QED) is 0.752. The van der Waals surface area contributed by atoms with Crippen LogP contribution in [0, 0.1) is 11.3 Å². The number of hydrogen-bond donors (Lipinski definition) is 3. The van der Waals surface area contributed by atoms with Crippen LogP contribution >= 0.6 is 11.3 Å². The number of nitriles is 1. The summed E-state index contributed by atoms with van der Waals surface area (Å²) in [6.45, 7) is 4.59. The van der Waals surface area contributed by atoms with E-state index in [1.165, 1.54) is 16.5 Å². The number of morpholine rings is 1. The van der Waals surface area contributed by atoms with E-state index in [1.807, 2.05) is 0 Å². The molecule has 0 amide bonds. The number of nitrogens with zero attached hydrogens (tertiary/aromatic N) is 1. The lowest BCUT2D eigenvalue weighted by molar-refractivity contribution is -0.921. The summed E-state index contributed by atoms with van der Waals surface area (Å²) in [5.41, 5.74) is 8.49. The Morgan fingerprint density at radius 3 is 2.88 bits per heavy atom. The molecule has 1 saturated heterocycles. The maximum Gasteiger partial charge on any atom is 0.205 e. The smallest absolute Gasteiger partial charge is 0.205 e. The van der Waals surface area contributed by atoms with Crippen molar-refractivity contribution >= 4 is 11.3 Å². The molecule has 0 spiro atoms. The number of fused-ring (bicyclic) bond motifs is 1. The van der Waals surface area contributed by atoms with Gasteiger partial charge in [-0.15, -0.1) is 11.3 Å². The molecule has 4 N–H and O–H groups in total. The third-order valence-corrected chi connectivity index (χ3v) is 5.86. The number of nitrogens with one attached hydrogen (secondary N) is 1. The Bertz CT molecular complexity index is 894. The highest BCUT2D eigenvalue weighted by molar-refractivity contribution is 7.10. The molecule has 1 aromatic carbocycles. The normalized spacial score (nSPS) is 20.3. The second-order valence-corrected chi connectivity index (χ2v) is 7.49. The third-order valence-electron chi connectivity index (χ3n) is 4.82. The van der Waals surface area contributed by atoms with Crippen LogP contribution in [-0.2, 0) is 11.3 Å². The van der Waals surface area contributed by atoms with Gasteiger partial charge in [0.2, 0.25) is 5.88 Å². The predicted octanol–water partition coefficient (Wildman–Crippen LogP) is 1.09. The predicted molar refractivity (Wildman–Crippen MR) is 96.9 cm³/mol. The lowest BCUT2D eigenvalue weighted by Crippen LogP contribution is -3.12. The maximum atomic E-state index is 9.73. The average Bonchev–Trinajstić information content (AvgIpc) is 3.09. The van der Waals surface area contributed by atoms with Crippen LogP contribution in [0.3, 0.4) is 0 Å². The molecular formula is C19H20N3O3S+. The minimum absolute atomic E-state index is 0.101. The van der Waals surface area contributed by atoms with Gasteiger partial charge in [-0.05, 0) is 17.5 Å². The molecule has 134 valence electrons. The van der Waals surface area contributed by atoms with Crippen LogP contribution < -0.4 is 15.4 Å². The molecule has 1 aromatic heterocycles. The molecule has 0 aliphatic carbocycles. The number of allylic oxidation sites excluding steroid dienone is 1. The highest BCUT2D eigenvalue weighted by Crippen LogP contribution is 2.44. The number of aromatic hydroxyl groups is 1. The Morgan fingerprint density at radius 2 is 2.12 bits per heavy atom. The van der Waals surface area contributed by atoms with E-state index in [0.29, 0.717) is 11.3 Å². The van der Waals surface area contributed by atoms with Crippen molar-refractivity contribution in [3.8, 4) is 17.6 Å². The summed E-state index contributed by atoms with van der Waals surface area (Å²) in [6.07, 6.45) is 0. The van der Waals surface area contributed by atoms with Gasteiger partial charge in [0.25, 0.3) is 0 Å². The second-order valence-electron chi connectivity index (χ2n) is 6.54. The second kappa shape index (κ2) is 7.00. The van der Waals surface area contributed by atoms with Gasteiger partial charge >= 0.3 is 0 Å². The molecule has 0 unspecified atom stereocenters. The molecule has 1 fully saturated rings. The maximum absolute atomic E-state index is 9.73. The molecule has 0 bridgehead atoms. The fraction of sp³-hybridized carbons (Fsp3) is 0.316. The van der Waals surface area contributed by atoms with Gasteiger partial charge in [0.1, 0.15) is 42.8 Å². The SMILES string of the molecule is N#CC1=C(N)Oc2cc(O)ccc2[C@H]1c1cc(C[NH+]2CCOCC2)cs1. The fourth-order valence-corrected chi connectivity index (χ4v) is 4.54. The summed E-state index contributed by atoms with van der Waals surface area (Å²) in [4.78, 5) is 2.57. The van der Waals surface area contributed by atoms with E-state index in [2.05, 4.69) is 17.5 Å². The van der Waals surface area contributed by atoms with Crippen LogP contribution in [0.2, 0.25) is 0 Å². The van der Waals surface area contributed by atoms with Gasteiger partial charge in [-0.25, -0.2) is 0 Å². The summed E-state index contributed by atoms with van der Waals surface area (Å²) in [7, 11) is 0. The highest BCUT2D eigenvalue weighted by atomic mass is 32.1. The lowest BCUT2D eigenvalue weighted by atomic mass is 9.88. The zero-order valence-electron chi connectivity index (χ0n) is 14.2. The van der Waals surface area contributed by atoms with Gasteiger partial charge in [-0.1, -0.05) is 6.07 Å². The summed E-state index contributed by atoms with van der Waals surface area (Å²) in [5, 5.41) is 21.5. The number of nitrogens with two attached hydrogens (primary N) is 1. The molecule has 4 rings (SSSR count). The summed E-state index contributed by atoms with van der Waals surface area (Å²) < 4.78 is 11.0. The molecule has 1 atom stereocenters. The van der Waals surface area contributed by atoms with Gasteiger partial charge in [-0.2, -0.15) is 5.26 Å². The van der Waals surface area contributed by atoms with Gasteiger partial charge in [0.15, 0.2) is 0 Å². The van der Waals surface area contributed by atoms with Crippen molar-refractivity contribution in [2.45, 2.75) is 12.5 Å². The Kier molecular flexibility index (Phi) is 4.55. The van der Waals surface area contributed by atoms with E-state index in [-0.39, 0.29) is 17.6 Å². The molecule has 0 radical (unpaired) electrons. The molecule has 2 aliphatic heterocycles. The number of ether oxygens (including phenoxy) is 2. The average molecular weight is 370 g/mol. The first kappa shape index (κ1) is 16.9. The third kappa shape index (κ3) is 3.15. The minimum Gasteiger partial charge on any atom is -0.508 e. The van der Waals surface area contributed by atoms with Crippen molar-refractivity contribution in [2.75, 3.05) is 26.3 Å². The highest BCUT2D eigenvalue weighted by Gasteiger charge is 2.32. The van der Waals surface area contributed by atoms with E-state index in [0.717, 1.165) is 43.3 Å². The number of thiophene rings is 1. The first-order chi connectivity index (χ1) is 12.7. The molecule has 7 heteroatoms. The fourth-order valence-electron chi connectivity index (χ4n) is 3.50. The van der Waals surface area contributed by atoms with Crippen molar-refractivity contribution in [1.29, 1.82) is 5.26 Å². The molecule has 3 heterocycles. The lowest BCUT2D eigenvalue weighted by Gasteiger charge is -2.25. The first-order valence-corrected chi connectivity index (χ1v) is 9.43. The number of phenols is 1. The molecule has 26 heavy (non-hydrogen) atoms. The first-order valence-electron chi connectivity index (χ1n) is 8.55. The van der Waals surface area contributed by atoms with Crippen LogP contribution in [0.25, 0.3) is 0 Å². The van der Waals surface area contributed by atoms with Crippen LogP contribution in [0.1, 0.15) is 21.9 Å². The van der Waals surface area contributed by atoms with E-state index < -0.39 is 0 Å². The Morgan fingerprint density at radius 1 is 1.31 bits per heavy atom. The number of rotatable bonds is 3. The minimum atomic E-state index is -0.261. The molecule has 2 aromatic rings. The zero-order chi connectivity index (χ0) is 18.1. The van der Waals surface area contributed by atoms with E-state index in [9.17, 15) is 10.4 Å². The van der Waals surface area contributed by atoms with Crippen LogP contribution in [0.15, 0.2) is 41.1 Å². The summed E-state index contributed by atoms with van der Waals surface area (Å²) in [5.74, 6) is 0.450. The molecular weight excluding hydrogens is 350 g/mol. The van der Waals surface area contributed by atoms with Crippen molar-refractivity contribution in [3.63, 3.8) is 0 Å². The molecule has 6 nitrogen and oxygen atoms in total. The van der Waals surface area contributed by atoms with Crippen LogP contribution in [0.5, 0.6) is 11.5 Å². The van der Waals surface area contributed by atoms with Gasteiger partial charge in [0, 0.05) is 22.1 Å². The van der Waals surface area contributed by atoms with Gasteiger partial charge in [0.05, 0.1) is 19.1 Å². The largest absolute Gasteiger partial charge is 0.508 e. The Hall–Kier alpha value is -2.53. The summed E-state index contributed by atoms with van der Waals surface area (Å²) >= 11 is 1.63. The van der Waals surface area contributed by atoms with Gasteiger partial charge in [-0.3, -0.25) is 0 Å². The van der Waals surface area contributed by atoms with Crippen molar-refractivity contribution in [2.24, 2.45) is 5.73 Å². The Labute approximate surface area is 155 Å². The molecule has 0 saturated carbocycles. The van der Waals surface area contributed by atoms with E-state index in [1.54, 1.807) is 23.5 Å². The number of quaternary nitrogens is 1. The number of hydrogen-bond acceptors (Lipinski definition) is 6. The van der Waals surface area contributed by atoms with Crippen LogP contribution in [0.4, 0.5) is 0 Å². The topological polar surface area (TPSA) is 92.9 Å². The standard InChI is InChI=1S/C19H19N3O3S/c20-9-15-18(14-2-1-13(23)8-16(14)25-19(15)21)17-7-12(11-26-17)10-22-3-5-24-6-4-22/h1-2,7-8,11,18,23H,3-6,10,21H2/p+1/t18-/m1/s1. The monoisotopic (exact) mass is 370 g/mol. The number of phenolic OH excluding ortho intramolecular Hbond substituents is 1. The molecule has 2 aliphatic rings. The van der Waals surface area contributed by atoms with E-state index in [4.69, 9.17) is 15.2 Å². The van der Waals surface area contributed by atoms with E-state index >= 15 is 0 Å². The summed E-state index contributed by atoms with van der Waals surface area (Å²) in [6, 6.07) is 9.30. The van der Waals surface area contributed by atoms with Crippen molar-refractivity contribution in [3.05, 3.63) is 57.1 Å². The Balaban J connectivity index is 1.67. The van der Waals surface area contributed by atoms with Gasteiger partial charge < -0.3 is 25.2 Å². The zero-order valence-corrected chi connectivity index (χ0v) is 15.0. The van der Waals surface area contributed by atoms with Crippen molar-refractivity contribution < 1.29 is 19.5 Å². The number of benzene rings is 1. The van der Waals surface area contributed by atoms with Crippen molar-refractivity contribution in [1.82, 2.24) is 0 Å². The van der Waals surface area contributed by atoms with Crippen LogP contribution in [-0.4, -0.2) is 31.4 Å².